The Labute approximate surface area is 83.2 Å². The van der Waals surface area contributed by atoms with Gasteiger partial charge in [0.1, 0.15) is 6.04 Å². The van der Waals surface area contributed by atoms with E-state index in [4.69, 9.17) is 5.11 Å². The maximum Gasteiger partial charge on any atom is 0.321 e. The van der Waals surface area contributed by atoms with Gasteiger partial charge >= 0.3 is 5.97 Å². The normalized spacial score (nSPS) is 12.8. The minimum absolute atomic E-state index is 0.434. The summed E-state index contributed by atoms with van der Waals surface area (Å²) in [6.07, 6.45) is 2.10. The standard InChI is InChI=1S/C10H14N2O2/c1-12(2)9(10(13)14)7-8-5-3-4-6-11-8/h3-6,9H,7H2,1-2H3,(H,13,14)/t9-/m0/s1. The van der Waals surface area contributed by atoms with Crippen molar-refractivity contribution >= 4 is 5.97 Å². The third kappa shape index (κ3) is 2.81. The number of aliphatic carboxylic acids is 1. The molecule has 0 unspecified atom stereocenters. The van der Waals surface area contributed by atoms with Crippen LogP contribution in [0.1, 0.15) is 5.69 Å². The van der Waals surface area contributed by atoms with Gasteiger partial charge in [0, 0.05) is 18.3 Å². The SMILES string of the molecule is CN(C)[C@@H](Cc1ccccn1)C(=O)O. The van der Waals surface area contributed by atoms with E-state index in [1.807, 2.05) is 18.2 Å². The summed E-state index contributed by atoms with van der Waals surface area (Å²) in [5, 5.41) is 8.94. The van der Waals surface area contributed by atoms with Crippen molar-refractivity contribution in [1.29, 1.82) is 0 Å². The quantitative estimate of drug-likeness (QED) is 0.764. The molecule has 0 spiro atoms. The number of carboxylic acid groups (broad SMARTS) is 1. The number of hydrogen-bond acceptors (Lipinski definition) is 3. The molecule has 14 heavy (non-hydrogen) atoms. The van der Waals surface area contributed by atoms with Crippen LogP contribution in [0.25, 0.3) is 0 Å². The molecule has 0 bridgehead atoms. The maximum absolute atomic E-state index is 10.9. The maximum atomic E-state index is 10.9. The Morgan fingerprint density at radius 1 is 1.57 bits per heavy atom. The Kier molecular flexibility index (Phi) is 3.59. The van der Waals surface area contributed by atoms with Gasteiger partial charge in [0.25, 0.3) is 0 Å². The predicted molar refractivity (Wildman–Crippen MR) is 53.1 cm³/mol. The zero-order chi connectivity index (χ0) is 10.6. The Bertz CT molecular complexity index is 298. The molecule has 0 radical (unpaired) electrons. The lowest BCUT2D eigenvalue weighted by Crippen LogP contribution is -2.37. The van der Waals surface area contributed by atoms with Crippen molar-refractivity contribution in [2.45, 2.75) is 12.5 Å². The lowest BCUT2D eigenvalue weighted by Gasteiger charge is -2.19. The topological polar surface area (TPSA) is 53.4 Å². The summed E-state index contributed by atoms with van der Waals surface area (Å²) in [5.41, 5.74) is 0.800. The van der Waals surface area contributed by atoms with Crippen molar-refractivity contribution < 1.29 is 9.90 Å². The van der Waals surface area contributed by atoms with Crippen LogP contribution >= 0.6 is 0 Å². The summed E-state index contributed by atoms with van der Waals surface area (Å²) in [6, 6.07) is 5.00. The van der Waals surface area contributed by atoms with Gasteiger partial charge in [-0.25, -0.2) is 0 Å². The molecule has 0 aliphatic rings. The van der Waals surface area contributed by atoms with Crippen LogP contribution in [0.2, 0.25) is 0 Å². The molecule has 76 valence electrons. The first-order chi connectivity index (χ1) is 6.61. The number of hydrogen-bond donors (Lipinski definition) is 1. The molecule has 1 N–H and O–H groups in total. The van der Waals surface area contributed by atoms with Gasteiger partial charge in [0.05, 0.1) is 0 Å². The average molecular weight is 194 g/mol. The lowest BCUT2D eigenvalue weighted by molar-refractivity contribution is -0.142. The summed E-state index contributed by atoms with van der Waals surface area (Å²) >= 11 is 0. The zero-order valence-corrected chi connectivity index (χ0v) is 8.34. The first-order valence-corrected chi connectivity index (χ1v) is 4.40. The van der Waals surface area contributed by atoms with E-state index >= 15 is 0 Å². The third-order valence-corrected chi connectivity index (χ3v) is 2.04. The molecule has 0 aliphatic carbocycles. The van der Waals surface area contributed by atoms with E-state index in [0.29, 0.717) is 6.42 Å². The molecule has 0 saturated heterocycles. The van der Waals surface area contributed by atoms with Crippen LogP contribution in [0.3, 0.4) is 0 Å². The second-order valence-corrected chi connectivity index (χ2v) is 3.34. The molecular formula is C10H14N2O2. The minimum atomic E-state index is -0.819. The van der Waals surface area contributed by atoms with E-state index in [1.54, 1.807) is 25.2 Å². The molecule has 1 heterocycles. The summed E-state index contributed by atoms with van der Waals surface area (Å²) < 4.78 is 0. The van der Waals surface area contributed by atoms with Crippen molar-refractivity contribution in [3.8, 4) is 0 Å². The summed E-state index contributed by atoms with van der Waals surface area (Å²) in [6.45, 7) is 0. The van der Waals surface area contributed by atoms with Gasteiger partial charge in [-0.2, -0.15) is 0 Å². The largest absolute Gasteiger partial charge is 0.480 e. The van der Waals surface area contributed by atoms with Gasteiger partial charge in [-0.15, -0.1) is 0 Å². The fourth-order valence-electron chi connectivity index (χ4n) is 1.21. The fraction of sp³-hybridized carbons (Fsp3) is 0.400. The van der Waals surface area contributed by atoms with Crippen LogP contribution in [-0.2, 0) is 11.2 Å². The van der Waals surface area contributed by atoms with Crippen molar-refractivity contribution in [3.05, 3.63) is 30.1 Å². The van der Waals surface area contributed by atoms with Gasteiger partial charge in [-0.05, 0) is 26.2 Å². The first kappa shape index (κ1) is 10.7. The zero-order valence-electron chi connectivity index (χ0n) is 8.34. The minimum Gasteiger partial charge on any atom is -0.480 e. The summed E-state index contributed by atoms with van der Waals surface area (Å²) in [5.74, 6) is -0.819. The smallest absolute Gasteiger partial charge is 0.321 e. The second-order valence-electron chi connectivity index (χ2n) is 3.34. The van der Waals surface area contributed by atoms with Gasteiger partial charge in [0.2, 0.25) is 0 Å². The number of carboxylic acids is 1. The van der Waals surface area contributed by atoms with Gasteiger partial charge in [0.15, 0.2) is 0 Å². The number of rotatable bonds is 4. The molecule has 1 aromatic rings. The highest BCUT2D eigenvalue weighted by molar-refractivity contribution is 5.73. The highest BCUT2D eigenvalue weighted by atomic mass is 16.4. The second kappa shape index (κ2) is 4.72. The van der Waals surface area contributed by atoms with E-state index < -0.39 is 12.0 Å². The first-order valence-electron chi connectivity index (χ1n) is 4.40. The molecule has 0 aliphatic heterocycles. The van der Waals surface area contributed by atoms with Gasteiger partial charge < -0.3 is 5.11 Å². The van der Waals surface area contributed by atoms with E-state index in [2.05, 4.69) is 4.98 Å². The summed E-state index contributed by atoms with van der Waals surface area (Å²) in [7, 11) is 3.50. The van der Waals surface area contributed by atoms with Crippen molar-refractivity contribution in [2.24, 2.45) is 0 Å². The highest BCUT2D eigenvalue weighted by Crippen LogP contribution is 2.03. The Balaban J connectivity index is 2.70. The van der Waals surface area contributed by atoms with Crippen molar-refractivity contribution in [2.75, 3.05) is 14.1 Å². The molecule has 1 rings (SSSR count). The number of carbonyl (C=O) groups is 1. The molecule has 1 aromatic heterocycles. The fourth-order valence-corrected chi connectivity index (χ4v) is 1.21. The molecule has 4 nitrogen and oxygen atoms in total. The lowest BCUT2D eigenvalue weighted by atomic mass is 10.1. The Morgan fingerprint density at radius 2 is 2.29 bits per heavy atom. The van der Waals surface area contributed by atoms with Gasteiger partial charge in [-0.3, -0.25) is 14.7 Å². The molecule has 0 fully saturated rings. The molecule has 1 atom stereocenters. The van der Waals surface area contributed by atoms with Crippen molar-refractivity contribution in [3.63, 3.8) is 0 Å². The van der Waals surface area contributed by atoms with Crippen LogP contribution in [-0.4, -0.2) is 41.1 Å². The number of aromatic nitrogens is 1. The van der Waals surface area contributed by atoms with Crippen LogP contribution in [0.4, 0.5) is 0 Å². The van der Waals surface area contributed by atoms with Crippen LogP contribution in [0.15, 0.2) is 24.4 Å². The van der Waals surface area contributed by atoms with E-state index in [-0.39, 0.29) is 0 Å². The number of nitrogens with zero attached hydrogens (tertiary/aromatic N) is 2. The molecular weight excluding hydrogens is 180 g/mol. The monoisotopic (exact) mass is 194 g/mol. The Morgan fingerprint density at radius 3 is 2.71 bits per heavy atom. The number of likely N-dealkylation sites (N-methyl/N-ethyl adjacent to an activating group) is 1. The van der Waals surface area contributed by atoms with E-state index in [9.17, 15) is 4.79 Å². The third-order valence-electron chi connectivity index (χ3n) is 2.04. The van der Waals surface area contributed by atoms with Gasteiger partial charge in [-0.1, -0.05) is 6.07 Å². The van der Waals surface area contributed by atoms with Crippen molar-refractivity contribution in [1.82, 2.24) is 9.88 Å². The molecule has 0 saturated carbocycles. The number of pyridine rings is 1. The summed E-state index contributed by atoms with van der Waals surface area (Å²) in [4.78, 5) is 16.6. The molecule has 0 aromatic carbocycles. The Hall–Kier alpha value is -1.42. The average Bonchev–Trinajstić information content (AvgIpc) is 2.15. The predicted octanol–water partition coefficient (Wildman–Crippen LogP) is 0.639. The van der Waals surface area contributed by atoms with Crippen LogP contribution in [0.5, 0.6) is 0 Å². The molecule has 4 heteroatoms. The van der Waals surface area contributed by atoms with E-state index in [1.165, 1.54) is 0 Å². The van der Waals surface area contributed by atoms with E-state index in [0.717, 1.165) is 5.69 Å². The van der Waals surface area contributed by atoms with Crippen LogP contribution in [0, 0.1) is 0 Å². The highest BCUT2D eigenvalue weighted by Gasteiger charge is 2.20. The van der Waals surface area contributed by atoms with Crippen LogP contribution < -0.4 is 0 Å². The molecule has 0 amide bonds.